The van der Waals surface area contributed by atoms with Crippen LogP contribution in [0, 0.1) is 0 Å². The zero-order chi connectivity index (χ0) is 20.5. The fourth-order valence-electron chi connectivity index (χ4n) is 4.45. The average Bonchev–Trinajstić information content (AvgIpc) is 3.50. The van der Waals surface area contributed by atoms with Crippen molar-refractivity contribution in [3.63, 3.8) is 0 Å². The van der Waals surface area contributed by atoms with Crippen molar-refractivity contribution in [2.24, 2.45) is 0 Å². The molecule has 1 saturated carbocycles. The SMILES string of the molecule is CCOc1nc(Nc2cnn([C@H]3CC[C@H](N4CCOCC4)C3)c2Cl)nc2[nH]ccc12. The predicted molar refractivity (Wildman–Crippen MR) is 115 cm³/mol. The number of aromatic amines is 1. The molecular formula is C20H26ClN7O2. The molecule has 2 N–H and O–H groups in total. The second-order valence-corrected chi connectivity index (χ2v) is 8.07. The van der Waals surface area contributed by atoms with Crippen LogP contribution < -0.4 is 10.1 Å². The van der Waals surface area contributed by atoms with Crippen molar-refractivity contribution in [3.05, 3.63) is 23.6 Å². The van der Waals surface area contributed by atoms with Crippen molar-refractivity contribution in [2.45, 2.75) is 38.3 Å². The van der Waals surface area contributed by atoms with Gasteiger partial charge < -0.3 is 19.8 Å². The van der Waals surface area contributed by atoms with E-state index in [0.29, 0.717) is 47.0 Å². The van der Waals surface area contributed by atoms with Crippen LogP contribution in [0.1, 0.15) is 32.2 Å². The van der Waals surface area contributed by atoms with Crippen LogP contribution in [0.3, 0.4) is 0 Å². The normalized spacial score (nSPS) is 22.6. The van der Waals surface area contributed by atoms with Crippen molar-refractivity contribution < 1.29 is 9.47 Å². The number of aromatic nitrogens is 5. The lowest BCUT2D eigenvalue weighted by atomic mass is 10.2. The molecule has 5 rings (SSSR count). The van der Waals surface area contributed by atoms with Gasteiger partial charge >= 0.3 is 0 Å². The molecule has 0 unspecified atom stereocenters. The van der Waals surface area contributed by atoms with Gasteiger partial charge in [0.05, 0.1) is 43.1 Å². The molecule has 1 aliphatic carbocycles. The minimum atomic E-state index is 0.298. The van der Waals surface area contributed by atoms with E-state index in [2.05, 4.69) is 30.3 Å². The van der Waals surface area contributed by atoms with Crippen LogP contribution in [0.2, 0.25) is 5.15 Å². The number of nitrogens with zero attached hydrogens (tertiary/aromatic N) is 5. The largest absolute Gasteiger partial charge is 0.477 e. The summed E-state index contributed by atoms with van der Waals surface area (Å²) in [4.78, 5) is 14.7. The van der Waals surface area contributed by atoms with Gasteiger partial charge in [-0.15, -0.1) is 0 Å². The highest BCUT2D eigenvalue weighted by atomic mass is 35.5. The minimum Gasteiger partial charge on any atom is -0.477 e. The molecule has 0 aromatic carbocycles. The number of H-pyrrole nitrogens is 1. The summed E-state index contributed by atoms with van der Waals surface area (Å²) in [5.41, 5.74) is 1.41. The number of hydrogen-bond donors (Lipinski definition) is 2. The molecule has 30 heavy (non-hydrogen) atoms. The molecule has 2 fully saturated rings. The van der Waals surface area contributed by atoms with Crippen molar-refractivity contribution in [1.29, 1.82) is 0 Å². The van der Waals surface area contributed by atoms with Crippen molar-refractivity contribution in [2.75, 3.05) is 38.2 Å². The van der Waals surface area contributed by atoms with E-state index in [9.17, 15) is 0 Å². The Morgan fingerprint density at radius 1 is 1.27 bits per heavy atom. The van der Waals surface area contributed by atoms with Gasteiger partial charge in [-0.05, 0) is 32.3 Å². The van der Waals surface area contributed by atoms with E-state index in [1.807, 2.05) is 23.9 Å². The lowest BCUT2D eigenvalue weighted by Crippen LogP contribution is -2.42. The molecule has 4 heterocycles. The highest BCUT2D eigenvalue weighted by molar-refractivity contribution is 6.32. The maximum atomic E-state index is 6.70. The van der Waals surface area contributed by atoms with Crippen LogP contribution in [0.4, 0.5) is 11.6 Å². The molecule has 3 aromatic heterocycles. The van der Waals surface area contributed by atoms with E-state index in [1.54, 1.807) is 6.20 Å². The second-order valence-electron chi connectivity index (χ2n) is 7.71. The summed E-state index contributed by atoms with van der Waals surface area (Å²) in [7, 11) is 0. The van der Waals surface area contributed by atoms with Crippen LogP contribution >= 0.6 is 11.6 Å². The fraction of sp³-hybridized carbons (Fsp3) is 0.550. The third kappa shape index (κ3) is 3.73. The number of morpholine rings is 1. The van der Waals surface area contributed by atoms with Crippen molar-refractivity contribution in [3.8, 4) is 5.88 Å². The molecule has 0 radical (unpaired) electrons. The second kappa shape index (κ2) is 8.41. The van der Waals surface area contributed by atoms with E-state index in [0.717, 1.165) is 51.0 Å². The summed E-state index contributed by atoms with van der Waals surface area (Å²) in [6.07, 6.45) is 6.85. The highest BCUT2D eigenvalue weighted by Crippen LogP contribution is 2.37. The number of fused-ring (bicyclic) bond motifs is 1. The molecule has 3 aromatic rings. The molecule has 9 nitrogen and oxygen atoms in total. The first-order chi connectivity index (χ1) is 14.7. The molecule has 0 amide bonds. The summed E-state index contributed by atoms with van der Waals surface area (Å²) in [5.74, 6) is 0.964. The number of anilines is 2. The molecule has 2 atom stereocenters. The lowest BCUT2D eigenvalue weighted by molar-refractivity contribution is 0.0172. The Morgan fingerprint density at radius 2 is 2.10 bits per heavy atom. The van der Waals surface area contributed by atoms with E-state index >= 15 is 0 Å². The highest BCUT2D eigenvalue weighted by Gasteiger charge is 2.32. The Bertz CT molecular complexity index is 1010. The van der Waals surface area contributed by atoms with Gasteiger partial charge in [-0.25, -0.2) is 4.68 Å². The van der Waals surface area contributed by atoms with Gasteiger partial charge in [0, 0.05) is 25.3 Å². The summed E-state index contributed by atoms with van der Waals surface area (Å²) >= 11 is 6.70. The Hall–Kier alpha value is -2.36. The Balaban J connectivity index is 1.32. The van der Waals surface area contributed by atoms with E-state index in [4.69, 9.17) is 21.1 Å². The van der Waals surface area contributed by atoms with Gasteiger partial charge in [-0.1, -0.05) is 11.6 Å². The van der Waals surface area contributed by atoms with E-state index in [1.165, 1.54) is 0 Å². The maximum Gasteiger partial charge on any atom is 0.232 e. The van der Waals surface area contributed by atoms with Crippen LogP contribution in [0.15, 0.2) is 18.5 Å². The molecule has 1 saturated heterocycles. The van der Waals surface area contributed by atoms with Crippen molar-refractivity contribution >= 4 is 34.3 Å². The average molecular weight is 432 g/mol. The monoisotopic (exact) mass is 431 g/mol. The zero-order valence-corrected chi connectivity index (χ0v) is 17.7. The molecule has 1 aliphatic heterocycles. The molecule has 0 bridgehead atoms. The topological polar surface area (TPSA) is 93.1 Å². The van der Waals surface area contributed by atoms with Crippen LogP contribution in [0.25, 0.3) is 11.0 Å². The summed E-state index contributed by atoms with van der Waals surface area (Å²) in [5, 5.41) is 9.21. The summed E-state index contributed by atoms with van der Waals surface area (Å²) < 4.78 is 13.1. The molecule has 2 aliphatic rings. The van der Waals surface area contributed by atoms with Crippen molar-refractivity contribution in [1.82, 2.24) is 29.6 Å². The Kier molecular flexibility index (Phi) is 5.49. The standard InChI is InChI=1S/C20H26ClN7O2/c1-2-30-19-15-5-6-22-18(15)25-20(26-19)24-16-12-23-28(17(16)21)14-4-3-13(11-14)27-7-9-29-10-8-27/h5-6,12-14H,2-4,7-11H2,1H3,(H2,22,24,25,26)/t13-,14-/m0/s1. The predicted octanol–water partition coefficient (Wildman–Crippen LogP) is 3.38. The summed E-state index contributed by atoms with van der Waals surface area (Å²) in [6.45, 7) is 6.14. The molecule has 10 heteroatoms. The van der Waals surface area contributed by atoms with Crippen LogP contribution in [-0.4, -0.2) is 68.6 Å². The molecule has 160 valence electrons. The fourth-order valence-corrected chi connectivity index (χ4v) is 4.73. The number of hydrogen-bond acceptors (Lipinski definition) is 7. The first kappa shape index (κ1) is 19.6. The minimum absolute atomic E-state index is 0.298. The van der Waals surface area contributed by atoms with E-state index < -0.39 is 0 Å². The molecular weight excluding hydrogens is 406 g/mol. The molecule has 0 spiro atoms. The van der Waals surface area contributed by atoms with E-state index in [-0.39, 0.29) is 0 Å². The smallest absolute Gasteiger partial charge is 0.232 e. The Labute approximate surface area is 179 Å². The third-order valence-electron chi connectivity index (χ3n) is 5.93. The zero-order valence-electron chi connectivity index (χ0n) is 17.0. The number of halogens is 1. The quantitative estimate of drug-likeness (QED) is 0.618. The van der Waals surface area contributed by atoms with Crippen LogP contribution in [-0.2, 0) is 4.74 Å². The first-order valence-electron chi connectivity index (χ1n) is 10.5. The van der Waals surface area contributed by atoms with Gasteiger partial charge in [0.15, 0.2) is 5.15 Å². The number of ether oxygens (including phenoxy) is 2. The van der Waals surface area contributed by atoms with Gasteiger partial charge in [0.1, 0.15) is 5.65 Å². The first-order valence-corrected chi connectivity index (χ1v) is 10.9. The lowest BCUT2D eigenvalue weighted by Gasteiger charge is -2.32. The van der Waals surface area contributed by atoms with Crippen LogP contribution in [0.5, 0.6) is 5.88 Å². The van der Waals surface area contributed by atoms with Gasteiger partial charge in [0.25, 0.3) is 0 Å². The number of nitrogens with one attached hydrogen (secondary N) is 2. The number of rotatable bonds is 6. The third-order valence-corrected chi connectivity index (χ3v) is 6.30. The summed E-state index contributed by atoms with van der Waals surface area (Å²) in [6, 6.07) is 2.77. The van der Waals surface area contributed by atoms with Gasteiger partial charge in [-0.3, -0.25) is 4.90 Å². The van der Waals surface area contributed by atoms with Gasteiger partial charge in [-0.2, -0.15) is 15.1 Å². The Morgan fingerprint density at radius 3 is 2.93 bits per heavy atom. The maximum absolute atomic E-state index is 6.70. The van der Waals surface area contributed by atoms with Gasteiger partial charge in [0.2, 0.25) is 11.8 Å².